The highest BCUT2D eigenvalue weighted by Gasteiger charge is 2.30. The van der Waals surface area contributed by atoms with Gasteiger partial charge in [-0.2, -0.15) is 13.2 Å². The largest absolute Gasteiger partial charge is 0.484 e. The molecule has 1 aliphatic heterocycles. The molecule has 1 amide bonds. The second-order valence-corrected chi connectivity index (χ2v) is 5.33. The molecule has 1 aliphatic rings. The molecule has 0 saturated carbocycles. The first-order chi connectivity index (χ1) is 10.4. The minimum atomic E-state index is -4.42. The number of carbonyl (C=O) groups is 1. The summed E-state index contributed by atoms with van der Waals surface area (Å²) in [6, 6.07) is 4.50. The highest BCUT2D eigenvalue weighted by atomic mass is 19.4. The SMILES string of the molecule is O=C(COc1cccc(C(F)(F)F)c1)NCC1CCCNC1. The highest BCUT2D eigenvalue weighted by Crippen LogP contribution is 2.31. The molecule has 4 nitrogen and oxygen atoms in total. The van der Waals surface area contributed by atoms with Crippen molar-refractivity contribution in [2.45, 2.75) is 19.0 Å². The van der Waals surface area contributed by atoms with Gasteiger partial charge in [0, 0.05) is 6.54 Å². The van der Waals surface area contributed by atoms with E-state index in [0.29, 0.717) is 12.5 Å². The Morgan fingerprint density at radius 3 is 2.91 bits per heavy atom. The van der Waals surface area contributed by atoms with Crippen molar-refractivity contribution >= 4 is 5.91 Å². The summed E-state index contributed by atoms with van der Waals surface area (Å²) in [6.45, 7) is 2.14. The van der Waals surface area contributed by atoms with Crippen molar-refractivity contribution in [2.24, 2.45) is 5.92 Å². The lowest BCUT2D eigenvalue weighted by Crippen LogP contribution is -2.39. The summed E-state index contributed by atoms with van der Waals surface area (Å²) < 4.78 is 42.8. The number of carbonyl (C=O) groups excluding carboxylic acids is 1. The lowest BCUT2D eigenvalue weighted by molar-refractivity contribution is -0.137. The van der Waals surface area contributed by atoms with Crippen molar-refractivity contribution in [3.63, 3.8) is 0 Å². The summed E-state index contributed by atoms with van der Waals surface area (Å²) in [6.07, 6.45) is -2.28. The van der Waals surface area contributed by atoms with Crippen LogP contribution in [0.25, 0.3) is 0 Å². The van der Waals surface area contributed by atoms with Crippen LogP contribution < -0.4 is 15.4 Å². The van der Waals surface area contributed by atoms with Gasteiger partial charge in [0.05, 0.1) is 5.56 Å². The Balaban J connectivity index is 1.76. The fourth-order valence-electron chi connectivity index (χ4n) is 2.32. The highest BCUT2D eigenvalue weighted by molar-refractivity contribution is 5.77. The van der Waals surface area contributed by atoms with E-state index < -0.39 is 11.7 Å². The van der Waals surface area contributed by atoms with Crippen molar-refractivity contribution in [2.75, 3.05) is 26.2 Å². The van der Waals surface area contributed by atoms with Gasteiger partial charge in [-0.05, 0) is 50.0 Å². The van der Waals surface area contributed by atoms with Crippen LogP contribution in [0.15, 0.2) is 24.3 Å². The Morgan fingerprint density at radius 2 is 2.23 bits per heavy atom. The molecule has 1 aromatic carbocycles. The van der Waals surface area contributed by atoms with Crippen molar-refractivity contribution < 1.29 is 22.7 Å². The first-order valence-corrected chi connectivity index (χ1v) is 7.22. The van der Waals surface area contributed by atoms with E-state index in [9.17, 15) is 18.0 Å². The van der Waals surface area contributed by atoms with Gasteiger partial charge in [-0.1, -0.05) is 6.07 Å². The third-order valence-corrected chi connectivity index (χ3v) is 3.52. The molecule has 1 saturated heterocycles. The molecule has 122 valence electrons. The number of hydrogen-bond donors (Lipinski definition) is 2. The van der Waals surface area contributed by atoms with Gasteiger partial charge < -0.3 is 15.4 Å². The number of amides is 1. The fourth-order valence-corrected chi connectivity index (χ4v) is 2.32. The van der Waals surface area contributed by atoms with Crippen LogP contribution in [0.5, 0.6) is 5.75 Å². The lowest BCUT2D eigenvalue weighted by Gasteiger charge is -2.22. The maximum Gasteiger partial charge on any atom is 0.416 e. The molecule has 1 fully saturated rings. The molecule has 0 bridgehead atoms. The molecular weight excluding hydrogens is 297 g/mol. The summed E-state index contributed by atoms with van der Waals surface area (Å²) in [4.78, 5) is 11.7. The van der Waals surface area contributed by atoms with Gasteiger partial charge in [0.15, 0.2) is 6.61 Å². The normalized spacial score (nSPS) is 18.8. The van der Waals surface area contributed by atoms with E-state index in [1.54, 1.807) is 0 Å². The Kier molecular flexibility index (Phi) is 5.65. The van der Waals surface area contributed by atoms with Gasteiger partial charge in [0.2, 0.25) is 0 Å². The van der Waals surface area contributed by atoms with Gasteiger partial charge >= 0.3 is 6.18 Å². The molecule has 1 atom stereocenters. The van der Waals surface area contributed by atoms with E-state index >= 15 is 0 Å². The molecule has 7 heteroatoms. The number of ether oxygens (including phenoxy) is 1. The summed E-state index contributed by atoms with van der Waals surface area (Å²) >= 11 is 0. The topological polar surface area (TPSA) is 50.4 Å². The molecule has 1 aromatic rings. The molecule has 0 spiro atoms. The molecule has 2 N–H and O–H groups in total. The van der Waals surface area contributed by atoms with Crippen LogP contribution in [0, 0.1) is 5.92 Å². The Labute approximate surface area is 127 Å². The van der Waals surface area contributed by atoms with Crippen molar-refractivity contribution in [3.8, 4) is 5.75 Å². The van der Waals surface area contributed by atoms with E-state index in [1.165, 1.54) is 12.1 Å². The molecule has 1 unspecified atom stereocenters. The van der Waals surface area contributed by atoms with Crippen LogP contribution >= 0.6 is 0 Å². The first-order valence-electron chi connectivity index (χ1n) is 7.22. The lowest BCUT2D eigenvalue weighted by atomic mass is 10.00. The molecule has 2 rings (SSSR count). The van der Waals surface area contributed by atoms with Gasteiger partial charge in [-0.25, -0.2) is 0 Å². The summed E-state index contributed by atoms with van der Waals surface area (Å²) in [5, 5.41) is 5.99. The minimum Gasteiger partial charge on any atom is -0.484 e. The number of nitrogens with one attached hydrogen (secondary N) is 2. The van der Waals surface area contributed by atoms with Crippen LogP contribution in [0.1, 0.15) is 18.4 Å². The van der Waals surface area contributed by atoms with E-state index in [2.05, 4.69) is 10.6 Å². The number of benzene rings is 1. The maximum atomic E-state index is 12.6. The molecule has 1 heterocycles. The van der Waals surface area contributed by atoms with Crippen molar-refractivity contribution in [1.29, 1.82) is 0 Å². The summed E-state index contributed by atoms with van der Waals surface area (Å²) in [5.74, 6) is 0.0959. The third kappa shape index (κ3) is 5.22. The van der Waals surface area contributed by atoms with E-state index in [-0.39, 0.29) is 18.3 Å². The fraction of sp³-hybridized carbons (Fsp3) is 0.533. The van der Waals surface area contributed by atoms with Crippen molar-refractivity contribution in [1.82, 2.24) is 10.6 Å². The zero-order valence-corrected chi connectivity index (χ0v) is 12.1. The average molecular weight is 316 g/mol. The van der Waals surface area contributed by atoms with E-state index in [4.69, 9.17) is 4.74 Å². The first kappa shape index (κ1) is 16.6. The number of halogens is 3. The van der Waals surface area contributed by atoms with Gasteiger partial charge in [-0.15, -0.1) is 0 Å². The van der Waals surface area contributed by atoms with Gasteiger partial charge in [0.25, 0.3) is 5.91 Å². The second kappa shape index (κ2) is 7.49. The molecular formula is C15H19F3N2O2. The zero-order valence-electron chi connectivity index (χ0n) is 12.1. The smallest absolute Gasteiger partial charge is 0.416 e. The molecule has 22 heavy (non-hydrogen) atoms. The van der Waals surface area contributed by atoms with Crippen LogP contribution in [0.3, 0.4) is 0 Å². The average Bonchev–Trinajstić information content (AvgIpc) is 2.51. The summed E-state index contributed by atoms with van der Waals surface area (Å²) in [7, 11) is 0. The van der Waals surface area contributed by atoms with Gasteiger partial charge in [-0.3, -0.25) is 4.79 Å². The predicted octanol–water partition coefficient (Wildman–Crippen LogP) is 2.20. The Morgan fingerprint density at radius 1 is 1.41 bits per heavy atom. The molecule has 0 aliphatic carbocycles. The van der Waals surface area contributed by atoms with Crippen molar-refractivity contribution in [3.05, 3.63) is 29.8 Å². The maximum absolute atomic E-state index is 12.6. The molecule has 0 aromatic heterocycles. The van der Waals surface area contributed by atoms with Crippen LogP contribution in [-0.4, -0.2) is 32.1 Å². The monoisotopic (exact) mass is 316 g/mol. The summed E-state index contributed by atoms with van der Waals surface area (Å²) in [5.41, 5.74) is -0.793. The standard InChI is InChI=1S/C15H19F3N2O2/c16-15(17,18)12-4-1-5-13(7-12)22-10-14(21)20-9-11-3-2-6-19-8-11/h1,4-5,7,11,19H,2-3,6,8-10H2,(H,20,21). The van der Waals surface area contributed by atoms with Gasteiger partial charge in [0.1, 0.15) is 5.75 Å². The number of rotatable bonds is 5. The zero-order chi connectivity index (χ0) is 16.0. The van der Waals surface area contributed by atoms with E-state index in [0.717, 1.165) is 38.1 Å². The second-order valence-electron chi connectivity index (χ2n) is 5.33. The Bertz CT molecular complexity index is 500. The quantitative estimate of drug-likeness (QED) is 0.875. The minimum absolute atomic E-state index is 0.0318. The molecule has 0 radical (unpaired) electrons. The predicted molar refractivity (Wildman–Crippen MR) is 75.5 cm³/mol. The van der Waals surface area contributed by atoms with Crippen LogP contribution in [0.2, 0.25) is 0 Å². The van der Waals surface area contributed by atoms with Crippen LogP contribution in [0.4, 0.5) is 13.2 Å². The van der Waals surface area contributed by atoms with Crippen LogP contribution in [-0.2, 0) is 11.0 Å². The third-order valence-electron chi connectivity index (χ3n) is 3.52. The number of alkyl halides is 3. The number of hydrogen-bond acceptors (Lipinski definition) is 3. The Hall–Kier alpha value is -1.76. The van der Waals surface area contributed by atoms with E-state index in [1.807, 2.05) is 0 Å². The number of piperidine rings is 1.